The van der Waals surface area contributed by atoms with Gasteiger partial charge in [0.05, 0.1) is 0 Å². The summed E-state index contributed by atoms with van der Waals surface area (Å²) < 4.78 is 31.9. The quantitative estimate of drug-likeness (QED) is 0.879. The molecule has 18 heavy (non-hydrogen) atoms. The third kappa shape index (κ3) is 1.70. The number of hydrogen-bond acceptors (Lipinski definition) is 2. The smallest absolute Gasteiger partial charge is 0.250 e. The maximum atomic E-state index is 13.2. The minimum absolute atomic E-state index is 0.133. The van der Waals surface area contributed by atoms with Crippen LogP contribution in [0.15, 0.2) is 18.2 Å². The van der Waals surface area contributed by atoms with Crippen LogP contribution in [-0.2, 0) is 11.8 Å². The third-order valence-electron chi connectivity index (χ3n) is 4.09. The zero-order valence-electron chi connectivity index (χ0n) is 10.4. The Hall–Kier alpha value is -1.16. The molecule has 98 valence electrons. The van der Waals surface area contributed by atoms with E-state index in [0.29, 0.717) is 0 Å². The molecule has 1 saturated carbocycles. The van der Waals surface area contributed by atoms with E-state index in [1.54, 1.807) is 0 Å². The lowest BCUT2D eigenvalue weighted by Crippen LogP contribution is -2.53. The van der Waals surface area contributed by atoms with Gasteiger partial charge in [0.15, 0.2) is 0 Å². The summed E-state index contributed by atoms with van der Waals surface area (Å²) in [5.41, 5.74) is 7.24. The Bertz CT molecular complexity index is 479. The highest BCUT2D eigenvalue weighted by atomic mass is 19.3. The van der Waals surface area contributed by atoms with E-state index in [1.807, 2.05) is 25.1 Å². The van der Waals surface area contributed by atoms with Crippen molar-refractivity contribution in [2.24, 2.45) is 5.73 Å². The van der Waals surface area contributed by atoms with E-state index in [0.717, 1.165) is 23.3 Å². The predicted molar refractivity (Wildman–Crippen MR) is 65.1 cm³/mol. The van der Waals surface area contributed by atoms with E-state index in [4.69, 9.17) is 10.5 Å². The summed E-state index contributed by atoms with van der Waals surface area (Å²) in [5.74, 6) is -1.67. The Morgan fingerprint density at radius 3 is 2.72 bits per heavy atom. The van der Waals surface area contributed by atoms with Crippen molar-refractivity contribution in [3.63, 3.8) is 0 Å². The normalized spacial score (nSPS) is 27.2. The van der Waals surface area contributed by atoms with Crippen LogP contribution in [0.3, 0.4) is 0 Å². The molecule has 3 rings (SSSR count). The molecule has 1 aromatic rings. The van der Waals surface area contributed by atoms with Crippen molar-refractivity contribution in [2.45, 2.75) is 43.6 Å². The van der Waals surface area contributed by atoms with Gasteiger partial charge in [-0.25, -0.2) is 8.78 Å². The lowest BCUT2D eigenvalue weighted by molar-refractivity contribution is -0.123. The average molecular weight is 253 g/mol. The third-order valence-corrected chi connectivity index (χ3v) is 4.09. The van der Waals surface area contributed by atoms with Gasteiger partial charge in [0.1, 0.15) is 11.9 Å². The number of ether oxygens (including phenoxy) is 1. The molecule has 0 amide bonds. The van der Waals surface area contributed by atoms with Crippen LogP contribution in [0.1, 0.15) is 30.9 Å². The molecule has 1 unspecified atom stereocenters. The van der Waals surface area contributed by atoms with Gasteiger partial charge >= 0.3 is 0 Å². The van der Waals surface area contributed by atoms with Crippen molar-refractivity contribution >= 4 is 0 Å². The number of hydrogen-bond donors (Lipinski definition) is 1. The Labute approximate surface area is 105 Å². The molecule has 1 heterocycles. The van der Waals surface area contributed by atoms with Gasteiger partial charge in [0.25, 0.3) is 0 Å². The van der Waals surface area contributed by atoms with Crippen molar-refractivity contribution in [1.29, 1.82) is 0 Å². The first-order valence-electron chi connectivity index (χ1n) is 6.32. The summed E-state index contributed by atoms with van der Waals surface area (Å²) in [6.45, 7) is 2.29. The van der Waals surface area contributed by atoms with Crippen LogP contribution in [0.4, 0.5) is 8.78 Å². The van der Waals surface area contributed by atoms with Crippen LogP contribution in [0.25, 0.3) is 0 Å². The zero-order valence-corrected chi connectivity index (χ0v) is 10.4. The molecule has 1 aromatic carbocycles. The molecule has 0 bridgehead atoms. The summed E-state index contributed by atoms with van der Waals surface area (Å²) in [4.78, 5) is 0. The summed E-state index contributed by atoms with van der Waals surface area (Å²) in [7, 11) is 0. The molecule has 1 aliphatic carbocycles. The number of benzene rings is 1. The first-order chi connectivity index (χ1) is 8.44. The van der Waals surface area contributed by atoms with E-state index in [-0.39, 0.29) is 25.5 Å². The summed E-state index contributed by atoms with van der Waals surface area (Å²) >= 11 is 0. The minimum Gasteiger partial charge on any atom is -0.490 e. The molecule has 2 aliphatic rings. The van der Waals surface area contributed by atoms with Crippen molar-refractivity contribution in [3.8, 4) is 5.75 Å². The highest BCUT2D eigenvalue weighted by Crippen LogP contribution is 2.53. The standard InChI is InChI=1S/C14H17F2NO/c1-9-4-10-5-11(2-3-12(10)18-9)13(8-17)6-14(15,16)7-13/h2-3,5,9H,4,6-8,17H2,1H3. The second-order valence-electron chi connectivity index (χ2n) is 5.65. The highest BCUT2D eigenvalue weighted by molar-refractivity contribution is 5.44. The fraction of sp³-hybridized carbons (Fsp3) is 0.571. The van der Waals surface area contributed by atoms with Gasteiger partial charge in [0.2, 0.25) is 5.92 Å². The van der Waals surface area contributed by atoms with Crippen molar-refractivity contribution in [2.75, 3.05) is 6.54 Å². The fourth-order valence-corrected chi connectivity index (χ4v) is 3.16. The van der Waals surface area contributed by atoms with Crippen LogP contribution in [0, 0.1) is 0 Å². The molecule has 0 spiro atoms. The van der Waals surface area contributed by atoms with Crippen LogP contribution >= 0.6 is 0 Å². The van der Waals surface area contributed by atoms with Crippen molar-refractivity contribution in [1.82, 2.24) is 0 Å². The highest BCUT2D eigenvalue weighted by Gasteiger charge is 2.56. The maximum absolute atomic E-state index is 13.2. The molecule has 2 N–H and O–H groups in total. The minimum atomic E-state index is -2.55. The molecule has 1 atom stereocenters. The summed E-state index contributed by atoms with van der Waals surface area (Å²) in [6.07, 6.45) is 0.754. The molecule has 4 heteroatoms. The number of fused-ring (bicyclic) bond motifs is 1. The van der Waals surface area contributed by atoms with Gasteiger partial charge in [-0.05, 0) is 24.1 Å². The van der Waals surface area contributed by atoms with Gasteiger partial charge in [-0.3, -0.25) is 0 Å². The van der Waals surface area contributed by atoms with Gasteiger partial charge in [0, 0.05) is 31.2 Å². The van der Waals surface area contributed by atoms with Gasteiger partial charge in [-0.1, -0.05) is 12.1 Å². The van der Waals surface area contributed by atoms with Crippen LogP contribution < -0.4 is 10.5 Å². The van der Waals surface area contributed by atoms with E-state index in [2.05, 4.69) is 0 Å². The average Bonchev–Trinajstić information content (AvgIpc) is 2.64. The molecule has 2 nitrogen and oxygen atoms in total. The first kappa shape index (κ1) is 11.9. The number of rotatable bonds is 2. The predicted octanol–water partition coefficient (Wildman–Crippen LogP) is 2.64. The Morgan fingerprint density at radius 2 is 2.11 bits per heavy atom. The Balaban J connectivity index is 1.92. The maximum Gasteiger partial charge on any atom is 0.250 e. The molecular formula is C14H17F2NO. The Morgan fingerprint density at radius 1 is 1.39 bits per heavy atom. The largest absolute Gasteiger partial charge is 0.490 e. The number of halogens is 2. The van der Waals surface area contributed by atoms with Crippen molar-refractivity contribution < 1.29 is 13.5 Å². The topological polar surface area (TPSA) is 35.2 Å². The summed E-state index contributed by atoms with van der Waals surface area (Å²) in [5, 5.41) is 0. The van der Waals surface area contributed by atoms with E-state index in [9.17, 15) is 8.78 Å². The van der Waals surface area contributed by atoms with Crippen molar-refractivity contribution in [3.05, 3.63) is 29.3 Å². The lowest BCUT2D eigenvalue weighted by atomic mass is 9.62. The van der Waals surface area contributed by atoms with Gasteiger partial charge in [-0.2, -0.15) is 0 Å². The van der Waals surface area contributed by atoms with E-state index >= 15 is 0 Å². The van der Waals surface area contributed by atoms with Gasteiger partial charge < -0.3 is 10.5 Å². The SMILES string of the molecule is CC1Cc2cc(C3(CN)CC(F)(F)C3)ccc2O1. The first-order valence-corrected chi connectivity index (χ1v) is 6.32. The van der Waals surface area contributed by atoms with Crippen LogP contribution in [0.5, 0.6) is 5.75 Å². The van der Waals surface area contributed by atoms with Crippen LogP contribution in [0.2, 0.25) is 0 Å². The van der Waals surface area contributed by atoms with Crippen LogP contribution in [-0.4, -0.2) is 18.6 Å². The molecule has 0 radical (unpaired) electrons. The molecule has 0 aromatic heterocycles. The Kier molecular flexibility index (Phi) is 2.43. The second kappa shape index (κ2) is 3.67. The van der Waals surface area contributed by atoms with Gasteiger partial charge in [-0.15, -0.1) is 0 Å². The zero-order chi connectivity index (χ0) is 13.0. The molecule has 1 aliphatic heterocycles. The fourth-order valence-electron chi connectivity index (χ4n) is 3.16. The van der Waals surface area contributed by atoms with E-state index in [1.165, 1.54) is 0 Å². The molecular weight excluding hydrogens is 236 g/mol. The van der Waals surface area contributed by atoms with E-state index < -0.39 is 11.3 Å². The number of alkyl halides is 2. The monoisotopic (exact) mass is 253 g/mol. The lowest BCUT2D eigenvalue weighted by Gasteiger charge is -2.47. The second-order valence-corrected chi connectivity index (χ2v) is 5.65. The summed E-state index contributed by atoms with van der Waals surface area (Å²) in [6, 6.07) is 5.78. The number of nitrogens with two attached hydrogens (primary N) is 1. The molecule has 1 fully saturated rings. The molecule has 0 saturated heterocycles.